The molecule has 0 radical (unpaired) electrons. The van der Waals surface area contributed by atoms with Crippen molar-refractivity contribution in [2.45, 2.75) is 26.8 Å². The molecular formula is C16H24N2O5S. The molecule has 1 aliphatic heterocycles. The molecule has 0 spiro atoms. The van der Waals surface area contributed by atoms with Gasteiger partial charge in [0.1, 0.15) is 0 Å². The highest BCUT2D eigenvalue weighted by Crippen LogP contribution is 2.32. The first-order chi connectivity index (χ1) is 11.3. The summed E-state index contributed by atoms with van der Waals surface area (Å²) in [5.74, 6) is 1.46. The molecular weight excluding hydrogens is 332 g/mol. The van der Waals surface area contributed by atoms with Crippen LogP contribution in [-0.4, -0.2) is 44.8 Å². The molecule has 1 aromatic rings. The van der Waals surface area contributed by atoms with E-state index in [4.69, 9.17) is 9.47 Å². The Labute approximate surface area is 143 Å². The smallest absolute Gasteiger partial charge is 0.231 e. The van der Waals surface area contributed by atoms with Crippen LogP contribution >= 0.6 is 0 Å². The molecule has 0 unspecified atom stereocenters. The van der Waals surface area contributed by atoms with Crippen LogP contribution in [0.2, 0.25) is 0 Å². The minimum absolute atomic E-state index is 0.129. The van der Waals surface area contributed by atoms with Crippen LogP contribution in [-0.2, 0) is 21.4 Å². The van der Waals surface area contributed by atoms with Crippen molar-refractivity contribution >= 4 is 15.9 Å². The fraction of sp³-hybridized carbons (Fsp3) is 0.562. The maximum atomic E-state index is 12.0. The number of fused-ring (bicyclic) bond motifs is 1. The Bertz CT molecular complexity index is 688. The molecule has 7 nitrogen and oxygen atoms in total. The van der Waals surface area contributed by atoms with Gasteiger partial charge in [-0.05, 0) is 23.6 Å². The van der Waals surface area contributed by atoms with Crippen LogP contribution in [0, 0.1) is 5.92 Å². The summed E-state index contributed by atoms with van der Waals surface area (Å²) in [6, 6.07) is 5.32. The molecule has 0 saturated carbocycles. The maximum absolute atomic E-state index is 12.0. The van der Waals surface area contributed by atoms with Gasteiger partial charge < -0.3 is 14.8 Å². The highest BCUT2D eigenvalue weighted by Gasteiger charge is 2.20. The molecule has 1 aliphatic rings. The molecule has 0 saturated heterocycles. The third-order valence-electron chi connectivity index (χ3n) is 3.56. The number of sulfonamides is 1. The largest absolute Gasteiger partial charge is 0.454 e. The predicted molar refractivity (Wildman–Crippen MR) is 90.3 cm³/mol. The third kappa shape index (κ3) is 5.38. The molecule has 0 atom stereocenters. The molecule has 2 rings (SSSR count). The Morgan fingerprint density at radius 2 is 2.00 bits per heavy atom. The van der Waals surface area contributed by atoms with Crippen LogP contribution < -0.4 is 14.8 Å². The quantitative estimate of drug-likeness (QED) is 0.760. The Hall–Kier alpha value is -1.80. The zero-order valence-electron chi connectivity index (χ0n) is 14.2. The van der Waals surface area contributed by atoms with E-state index in [-0.39, 0.29) is 32.2 Å². The van der Waals surface area contributed by atoms with Crippen LogP contribution in [0.3, 0.4) is 0 Å². The molecule has 1 aromatic carbocycles. The number of amides is 1. The van der Waals surface area contributed by atoms with Crippen LogP contribution in [0.25, 0.3) is 0 Å². The first-order valence-electron chi connectivity index (χ1n) is 7.86. The number of rotatable bonds is 8. The fourth-order valence-electron chi connectivity index (χ4n) is 2.24. The summed E-state index contributed by atoms with van der Waals surface area (Å²) in [7, 11) is -3.42. The van der Waals surface area contributed by atoms with E-state index < -0.39 is 10.0 Å². The summed E-state index contributed by atoms with van der Waals surface area (Å²) in [6.45, 7) is 5.08. The summed E-state index contributed by atoms with van der Waals surface area (Å²) in [4.78, 5) is 11.8. The minimum atomic E-state index is -3.42. The fourth-order valence-corrected chi connectivity index (χ4v) is 3.04. The second-order valence-electron chi connectivity index (χ2n) is 6.23. The van der Waals surface area contributed by atoms with Crippen molar-refractivity contribution in [3.8, 4) is 11.5 Å². The Kier molecular flexibility index (Phi) is 6.06. The molecule has 24 heavy (non-hydrogen) atoms. The lowest BCUT2D eigenvalue weighted by Crippen LogP contribution is -2.35. The van der Waals surface area contributed by atoms with Gasteiger partial charge in [0.2, 0.25) is 22.7 Å². The summed E-state index contributed by atoms with van der Waals surface area (Å²) in [5, 5.41) is 2.79. The Morgan fingerprint density at radius 3 is 2.67 bits per heavy atom. The van der Waals surface area contributed by atoms with Gasteiger partial charge in [-0.25, -0.2) is 8.42 Å². The van der Waals surface area contributed by atoms with Crippen molar-refractivity contribution in [2.75, 3.05) is 26.1 Å². The van der Waals surface area contributed by atoms with E-state index >= 15 is 0 Å². The number of benzene rings is 1. The lowest BCUT2D eigenvalue weighted by molar-refractivity contribution is -0.121. The summed E-state index contributed by atoms with van der Waals surface area (Å²) in [6.07, 6.45) is 1.27. The SMILES string of the molecule is CC(C)CNC(=O)CCN(Cc1ccc2c(c1)OCO2)S(C)(=O)=O. The van der Waals surface area contributed by atoms with Crippen molar-refractivity contribution < 1.29 is 22.7 Å². The van der Waals surface area contributed by atoms with E-state index in [1.807, 2.05) is 13.8 Å². The number of carbonyl (C=O) groups excluding carboxylic acids is 1. The van der Waals surface area contributed by atoms with Gasteiger partial charge in [-0.1, -0.05) is 19.9 Å². The molecule has 0 fully saturated rings. The van der Waals surface area contributed by atoms with Crippen molar-refractivity contribution in [3.05, 3.63) is 23.8 Å². The average molecular weight is 356 g/mol. The van der Waals surface area contributed by atoms with Crippen LogP contribution in [0.5, 0.6) is 11.5 Å². The van der Waals surface area contributed by atoms with Gasteiger partial charge >= 0.3 is 0 Å². The number of hydrogen-bond donors (Lipinski definition) is 1. The van der Waals surface area contributed by atoms with E-state index in [1.165, 1.54) is 4.31 Å². The van der Waals surface area contributed by atoms with E-state index in [0.29, 0.717) is 24.0 Å². The summed E-state index contributed by atoms with van der Waals surface area (Å²) >= 11 is 0. The Morgan fingerprint density at radius 1 is 1.29 bits per heavy atom. The topological polar surface area (TPSA) is 84.9 Å². The van der Waals surface area contributed by atoms with Gasteiger partial charge in [-0.2, -0.15) is 4.31 Å². The zero-order chi connectivity index (χ0) is 17.7. The molecule has 0 bridgehead atoms. The van der Waals surface area contributed by atoms with Gasteiger partial charge in [0.15, 0.2) is 11.5 Å². The average Bonchev–Trinajstić information content (AvgIpc) is 2.95. The van der Waals surface area contributed by atoms with Gasteiger partial charge in [-0.3, -0.25) is 4.79 Å². The van der Waals surface area contributed by atoms with Gasteiger partial charge in [0.05, 0.1) is 6.26 Å². The van der Waals surface area contributed by atoms with Crippen molar-refractivity contribution in [1.82, 2.24) is 9.62 Å². The standard InChI is InChI=1S/C16H24N2O5S/c1-12(2)9-17-16(19)6-7-18(24(3,20)21)10-13-4-5-14-15(8-13)23-11-22-14/h4-5,8,12H,6-7,9-11H2,1-3H3,(H,17,19). The molecule has 0 aromatic heterocycles. The second kappa shape index (κ2) is 7.85. The number of carbonyl (C=O) groups is 1. The van der Waals surface area contributed by atoms with E-state index in [1.54, 1.807) is 18.2 Å². The van der Waals surface area contributed by atoms with Gasteiger partial charge in [-0.15, -0.1) is 0 Å². The number of ether oxygens (including phenoxy) is 2. The molecule has 1 amide bonds. The first-order valence-corrected chi connectivity index (χ1v) is 9.71. The second-order valence-corrected chi connectivity index (χ2v) is 8.21. The zero-order valence-corrected chi connectivity index (χ0v) is 15.1. The highest BCUT2D eigenvalue weighted by atomic mass is 32.2. The summed E-state index contributed by atoms with van der Waals surface area (Å²) in [5.41, 5.74) is 0.785. The highest BCUT2D eigenvalue weighted by molar-refractivity contribution is 7.88. The van der Waals surface area contributed by atoms with Crippen molar-refractivity contribution in [3.63, 3.8) is 0 Å². The number of nitrogens with one attached hydrogen (secondary N) is 1. The molecule has 1 N–H and O–H groups in total. The van der Waals surface area contributed by atoms with Gasteiger partial charge in [0.25, 0.3) is 0 Å². The molecule has 134 valence electrons. The van der Waals surface area contributed by atoms with Crippen molar-refractivity contribution in [1.29, 1.82) is 0 Å². The lowest BCUT2D eigenvalue weighted by Gasteiger charge is -2.20. The summed E-state index contributed by atoms with van der Waals surface area (Å²) < 4.78 is 35.8. The lowest BCUT2D eigenvalue weighted by atomic mass is 10.2. The third-order valence-corrected chi connectivity index (χ3v) is 4.81. The van der Waals surface area contributed by atoms with Crippen LogP contribution in [0.15, 0.2) is 18.2 Å². The van der Waals surface area contributed by atoms with Crippen LogP contribution in [0.4, 0.5) is 0 Å². The minimum Gasteiger partial charge on any atom is -0.454 e. The predicted octanol–water partition coefficient (Wildman–Crippen LogP) is 1.34. The van der Waals surface area contributed by atoms with E-state index in [0.717, 1.165) is 11.8 Å². The first kappa shape index (κ1) is 18.5. The van der Waals surface area contributed by atoms with Gasteiger partial charge in [0, 0.05) is 26.1 Å². The van der Waals surface area contributed by atoms with Crippen LogP contribution in [0.1, 0.15) is 25.8 Å². The molecule has 0 aliphatic carbocycles. The maximum Gasteiger partial charge on any atom is 0.231 e. The monoisotopic (exact) mass is 356 g/mol. The number of hydrogen-bond acceptors (Lipinski definition) is 5. The van der Waals surface area contributed by atoms with E-state index in [2.05, 4.69) is 5.32 Å². The molecule has 8 heteroatoms. The number of nitrogens with zero attached hydrogens (tertiary/aromatic N) is 1. The van der Waals surface area contributed by atoms with E-state index in [9.17, 15) is 13.2 Å². The Balaban J connectivity index is 1.98. The van der Waals surface area contributed by atoms with Crippen molar-refractivity contribution in [2.24, 2.45) is 5.92 Å². The molecule has 1 heterocycles. The normalized spacial score (nSPS) is 13.5.